The lowest BCUT2D eigenvalue weighted by Crippen LogP contribution is -2.50. The maximum atomic E-state index is 9.56. The Hall–Kier alpha value is -1.33. The van der Waals surface area contributed by atoms with E-state index in [1.54, 1.807) is 0 Å². The molecule has 2 nitrogen and oxygen atoms in total. The second-order valence-corrected chi connectivity index (χ2v) is 6.81. The summed E-state index contributed by atoms with van der Waals surface area (Å²) >= 11 is 0. The van der Waals surface area contributed by atoms with Crippen LogP contribution in [0, 0.1) is 17.2 Å². The zero-order chi connectivity index (χ0) is 14.7. The summed E-state index contributed by atoms with van der Waals surface area (Å²) in [6.45, 7) is 3.53. The van der Waals surface area contributed by atoms with Crippen molar-refractivity contribution < 1.29 is 0 Å². The number of piperidine rings is 1. The van der Waals surface area contributed by atoms with Crippen LogP contribution in [0.15, 0.2) is 30.3 Å². The molecule has 1 aromatic rings. The maximum absolute atomic E-state index is 9.56. The Morgan fingerprint density at radius 1 is 1.10 bits per heavy atom. The summed E-state index contributed by atoms with van der Waals surface area (Å²) in [5.74, 6) is 0.862. The first kappa shape index (κ1) is 14.6. The largest absolute Gasteiger partial charge is 0.296 e. The van der Waals surface area contributed by atoms with Crippen LogP contribution in [0.2, 0.25) is 0 Å². The summed E-state index contributed by atoms with van der Waals surface area (Å²) in [6.07, 6.45) is 7.33. The van der Waals surface area contributed by atoms with Gasteiger partial charge in [0.05, 0.1) is 12.0 Å². The fraction of sp³-hybridized carbons (Fsp3) is 0.632. The van der Waals surface area contributed by atoms with Gasteiger partial charge >= 0.3 is 0 Å². The van der Waals surface area contributed by atoms with E-state index < -0.39 is 0 Å². The molecule has 0 amide bonds. The van der Waals surface area contributed by atoms with Crippen molar-refractivity contribution in [3.05, 3.63) is 35.9 Å². The van der Waals surface area contributed by atoms with Crippen LogP contribution in [-0.4, -0.2) is 23.5 Å². The molecule has 1 saturated carbocycles. The van der Waals surface area contributed by atoms with Gasteiger partial charge in [-0.3, -0.25) is 4.90 Å². The average molecular weight is 282 g/mol. The molecule has 1 aromatic carbocycles. The van der Waals surface area contributed by atoms with Gasteiger partial charge in [-0.15, -0.1) is 0 Å². The number of rotatable bonds is 2. The molecule has 112 valence electrons. The van der Waals surface area contributed by atoms with Crippen LogP contribution in [0.5, 0.6) is 0 Å². The number of hydrogen-bond donors (Lipinski definition) is 0. The van der Waals surface area contributed by atoms with Crippen LogP contribution in [0.25, 0.3) is 0 Å². The van der Waals surface area contributed by atoms with Crippen molar-refractivity contribution in [2.24, 2.45) is 5.92 Å². The molecular formula is C19H26N2. The summed E-state index contributed by atoms with van der Waals surface area (Å²) in [6, 6.07) is 14.6. The highest BCUT2D eigenvalue weighted by molar-refractivity contribution is 5.21. The molecule has 1 heterocycles. The van der Waals surface area contributed by atoms with Gasteiger partial charge in [0.15, 0.2) is 0 Å². The summed E-state index contributed by atoms with van der Waals surface area (Å²) in [7, 11) is 0. The van der Waals surface area contributed by atoms with Crippen LogP contribution >= 0.6 is 0 Å². The summed E-state index contributed by atoms with van der Waals surface area (Å²) < 4.78 is 0. The minimum absolute atomic E-state index is 0.227. The van der Waals surface area contributed by atoms with Gasteiger partial charge < -0.3 is 0 Å². The van der Waals surface area contributed by atoms with E-state index >= 15 is 0 Å². The van der Waals surface area contributed by atoms with E-state index in [0.29, 0.717) is 18.0 Å². The summed E-state index contributed by atoms with van der Waals surface area (Å²) in [5, 5.41) is 9.56. The van der Waals surface area contributed by atoms with Crippen molar-refractivity contribution in [3.63, 3.8) is 0 Å². The van der Waals surface area contributed by atoms with Crippen molar-refractivity contribution in [1.29, 1.82) is 5.26 Å². The molecule has 1 saturated heterocycles. The summed E-state index contributed by atoms with van der Waals surface area (Å²) in [5.41, 5.74) is 1.46. The number of likely N-dealkylation sites (tertiary alicyclic amines) is 1. The van der Waals surface area contributed by atoms with E-state index in [-0.39, 0.29) is 5.92 Å². The minimum Gasteiger partial charge on any atom is -0.296 e. The van der Waals surface area contributed by atoms with Gasteiger partial charge in [-0.1, -0.05) is 36.8 Å². The Labute approximate surface area is 128 Å². The fourth-order valence-corrected chi connectivity index (χ4v) is 4.30. The van der Waals surface area contributed by atoms with E-state index in [9.17, 15) is 5.26 Å². The maximum Gasteiger partial charge on any atom is 0.0672 e. The molecule has 3 rings (SSSR count). The molecule has 0 radical (unpaired) electrons. The molecular weight excluding hydrogens is 256 g/mol. The molecule has 0 N–H and O–H groups in total. The van der Waals surface area contributed by atoms with Crippen molar-refractivity contribution in [2.45, 2.75) is 63.5 Å². The van der Waals surface area contributed by atoms with Crippen molar-refractivity contribution in [2.75, 3.05) is 6.54 Å². The first-order valence-corrected chi connectivity index (χ1v) is 8.50. The smallest absolute Gasteiger partial charge is 0.0672 e. The van der Waals surface area contributed by atoms with E-state index in [0.717, 1.165) is 12.8 Å². The molecule has 0 spiro atoms. The predicted octanol–water partition coefficient (Wildman–Crippen LogP) is 4.34. The molecule has 4 unspecified atom stereocenters. The van der Waals surface area contributed by atoms with Gasteiger partial charge in [-0.25, -0.2) is 0 Å². The Bertz CT molecular complexity index is 490. The van der Waals surface area contributed by atoms with Crippen molar-refractivity contribution >= 4 is 0 Å². The van der Waals surface area contributed by atoms with Gasteiger partial charge in [0.25, 0.3) is 0 Å². The first-order chi connectivity index (χ1) is 10.3. The van der Waals surface area contributed by atoms with E-state index in [1.165, 1.54) is 37.8 Å². The highest BCUT2D eigenvalue weighted by atomic mass is 15.2. The fourth-order valence-electron chi connectivity index (χ4n) is 4.30. The molecule has 0 aromatic heterocycles. The van der Waals surface area contributed by atoms with Gasteiger partial charge in [0.1, 0.15) is 0 Å². The second-order valence-electron chi connectivity index (χ2n) is 6.81. The quantitative estimate of drug-likeness (QED) is 0.807. The SMILES string of the molecule is CC1CCCCN1C1CC(c2ccccc2)CCC1C#N. The number of nitriles is 1. The van der Waals surface area contributed by atoms with Crippen molar-refractivity contribution in [3.8, 4) is 6.07 Å². The number of nitrogens with zero attached hydrogens (tertiary/aromatic N) is 2. The third-order valence-electron chi connectivity index (χ3n) is 5.53. The highest BCUT2D eigenvalue weighted by Gasteiger charge is 2.37. The lowest BCUT2D eigenvalue weighted by molar-refractivity contribution is 0.0561. The lowest BCUT2D eigenvalue weighted by atomic mass is 9.74. The van der Waals surface area contributed by atoms with Crippen LogP contribution in [-0.2, 0) is 0 Å². The van der Waals surface area contributed by atoms with E-state index in [4.69, 9.17) is 0 Å². The molecule has 2 heteroatoms. The second kappa shape index (κ2) is 6.62. The predicted molar refractivity (Wildman–Crippen MR) is 85.9 cm³/mol. The summed E-state index contributed by atoms with van der Waals surface area (Å²) in [4.78, 5) is 2.65. The van der Waals surface area contributed by atoms with Crippen LogP contribution in [0.1, 0.15) is 56.9 Å². The molecule has 1 aliphatic heterocycles. The molecule has 4 atom stereocenters. The number of hydrogen-bond acceptors (Lipinski definition) is 2. The first-order valence-electron chi connectivity index (χ1n) is 8.50. The Morgan fingerprint density at radius 2 is 1.90 bits per heavy atom. The Balaban J connectivity index is 1.77. The van der Waals surface area contributed by atoms with E-state index in [2.05, 4.69) is 48.2 Å². The Kier molecular flexibility index (Phi) is 4.60. The van der Waals surface area contributed by atoms with Gasteiger partial charge in [-0.05, 0) is 57.1 Å². The third-order valence-corrected chi connectivity index (χ3v) is 5.53. The molecule has 2 fully saturated rings. The van der Waals surface area contributed by atoms with Gasteiger partial charge in [0.2, 0.25) is 0 Å². The topological polar surface area (TPSA) is 27.0 Å². The lowest BCUT2D eigenvalue weighted by Gasteiger charge is -2.45. The van der Waals surface area contributed by atoms with Crippen LogP contribution < -0.4 is 0 Å². The van der Waals surface area contributed by atoms with Crippen molar-refractivity contribution in [1.82, 2.24) is 4.90 Å². The monoisotopic (exact) mass is 282 g/mol. The van der Waals surface area contributed by atoms with E-state index in [1.807, 2.05) is 0 Å². The molecule has 21 heavy (non-hydrogen) atoms. The number of benzene rings is 1. The Morgan fingerprint density at radius 3 is 2.62 bits per heavy atom. The third kappa shape index (κ3) is 3.14. The average Bonchev–Trinajstić information content (AvgIpc) is 2.55. The minimum atomic E-state index is 0.227. The van der Waals surface area contributed by atoms with Crippen LogP contribution in [0.4, 0.5) is 0 Å². The molecule has 2 aliphatic rings. The normalized spacial score (nSPS) is 34.3. The van der Waals surface area contributed by atoms with Gasteiger partial charge in [0, 0.05) is 12.1 Å². The highest BCUT2D eigenvalue weighted by Crippen LogP contribution is 2.39. The zero-order valence-corrected chi connectivity index (χ0v) is 13.0. The zero-order valence-electron chi connectivity index (χ0n) is 13.0. The molecule has 0 bridgehead atoms. The van der Waals surface area contributed by atoms with Crippen LogP contribution in [0.3, 0.4) is 0 Å². The van der Waals surface area contributed by atoms with Gasteiger partial charge in [-0.2, -0.15) is 5.26 Å². The molecule has 1 aliphatic carbocycles. The standard InChI is InChI=1S/C19H26N2/c1-15-7-5-6-12-21(15)19-13-17(10-11-18(19)14-20)16-8-3-2-4-9-16/h2-4,8-9,15,17-19H,5-7,10-13H2,1H3.